The second-order valence-corrected chi connectivity index (χ2v) is 7.91. The standard InChI is InChI=1S/C21H22F3N3O2S/c1-4-29-16-8-9-17-18(13-16)30-20(25-17)27(11-10-26(2)3)19(28)14-6-5-7-15(12-14)21(22,23)24/h5-9,12-13H,4,10-11H2,1-3H3. The van der Waals surface area contributed by atoms with Gasteiger partial charge in [0.1, 0.15) is 5.75 Å². The molecular formula is C21H22F3N3O2S. The molecule has 0 saturated heterocycles. The smallest absolute Gasteiger partial charge is 0.416 e. The van der Waals surface area contributed by atoms with Crippen molar-refractivity contribution in [2.45, 2.75) is 13.1 Å². The molecule has 1 aromatic heterocycles. The van der Waals surface area contributed by atoms with Gasteiger partial charge in [0.25, 0.3) is 5.91 Å². The molecule has 9 heteroatoms. The van der Waals surface area contributed by atoms with Gasteiger partial charge >= 0.3 is 6.18 Å². The van der Waals surface area contributed by atoms with Gasteiger partial charge in [-0.15, -0.1) is 0 Å². The molecule has 5 nitrogen and oxygen atoms in total. The van der Waals surface area contributed by atoms with Crippen molar-refractivity contribution in [2.75, 3.05) is 38.7 Å². The van der Waals surface area contributed by atoms with Gasteiger partial charge in [-0.1, -0.05) is 17.4 Å². The van der Waals surface area contributed by atoms with Crippen molar-refractivity contribution < 1.29 is 22.7 Å². The van der Waals surface area contributed by atoms with E-state index >= 15 is 0 Å². The van der Waals surface area contributed by atoms with Crippen LogP contribution in [-0.2, 0) is 6.18 Å². The van der Waals surface area contributed by atoms with Gasteiger partial charge in [-0.2, -0.15) is 13.2 Å². The number of nitrogens with zero attached hydrogens (tertiary/aromatic N) is 3. The monoisotopic (exact) mass is 437 g/mol. The maximum atomic E-state index is 13.2. The number of amides is 1. The first-order chi connectivity index (χ1) is 14.2. The molecule has 0 aliphatic carbocycles. The summed E-state index contributed by atoms with van der Waals surface area (Å²) in [5, 5.41) is 0.433. The average molecular weight is 437 g/mol. The van der Waals surface area contributed by atoms with E-state index in [0.29, 0.717) is 36.1 Å². The normalized spacial score (nSPS) is 11.8. The zero-order valence-corrected chi connectivity index (χ0v) is 17.7. The van der Waals surface area contributed by atoms with Crippen LogP contribution >= 0.6 is 11.3 Å². The fourth-order valence-corrected chi connectivity index (χ4v) is 3.85. The Balaban J connectivity index is 1.98. The number of fused-ring (bicyclic) bond motifs is 1. The number of carbonyl (C=O) groups excluding carboxylic acids is 1. The molecule has 0 saturated carbocycles. The lowest BCUT2D eigenvalue weighted by atomic mass is 10.1. The molecule has 0 spiro atoms. The Morgan fingerprint density at radius 1 is 1.13 bits per heavy atom. The van der Waals surface area contributed by atoms with Crippen LogP contribution in [0.2, 0.25) is 0 Å². The van der Waals surface area contributed by atoms with Gasteiger partial charge in [0.15, 0.2) is 5.13 Å². The molecule has 0 bridgehead atoms. The van der Waals surface area contributed by atoms with Gasteiger partial charge in [-0.05, 0) is 57.4 Å². The van der Waals surface area contributed by atoms with Crippen molar-refractivity contribution in [3.8, 4) is 5.75 Å². The number of hydrogen-bond donors (Lipinski definition) is 0. The number of ether oxygens (including phenoxy) is 1. The van der Waals surface area contributed by atoms with Crippen LogP contribution in [0.25, 0.3) is 10.2 Å². The fourth-order valence-electron chi connectivity index (χ4n) is 2.83. The third kappa shape index (κ3) is 5.09. The van der Waals surface area contributed by atoms with Gasteiger partial charge in [0.2, 0.25) is 0 Å². The van der Waals surface area contributed by atoms with E-state index in [1.165, 1.54) is 28.4 Å². The van der Waals surface area contributed by atoms with Crippen molar-refractivity contribution in [1.82, 2.24) is 9.88 Å². The summed E-state index contributed by atoms with van der Waals surface area (Å²) in [5.41, 5.74) is -0.186. The van der Waals surface area contributed by atoms with Crippen molar-refractivity contribution in [3.05, 3.63) is 53.6 Å². The topological polar surface area (TPSA) is 45.7 Å². The molecule has 160 valence electrons. The van der Waals surface area contributed by atoms with Crippen molar-refractivity contribution >= 4 is 32.6 Å². The number of carbonyl (C=O) groups is 1. The molecule has 0 atom stereocenters. The predicted octanol–water partition coefficient (Wildman–Crippen LogP) is 4.92. The number of alkyl halides is 3. The fraction of sp³-hybridized carbons (Fsp3) is 0.333. The van der Waals surface area contributed by atoms with E-state index in [1.54, 1.807) is 12.1 Å². The number of halogens is 3. The molecule has 2 aromatic carbocycles. The first-order valence-electron chi connectivity index (χ1n) is 9.36. The number of thiazole rings is 1. The lowest BCUT2D eigenvalue weighted by Gasteiger charge is -2.22. The zero-order chi connectivity index (χ0) is 21.9. The highest BCUT2D eigenvalue weighted by atomic mass is 32.1. The third-order valence-electron chi connectivity index (χ3n) is 4.34. The molecule has 1 amide bonds. The zero-order valence-electron chi connectivity index (χ0n) is 16.9. The first kappa shape index (κ1) is 22.0. The van der Waals surface area contributed by atoms with E-state index in [-0.39, 0.29) is 5.56 Å². The van der Waals surface area contributed by atoms with Gasteiger partial charge in [0.05, 0.1) is 22.4 Å². The van der Waals surface area contributed by atoms with Crippen LogP contribution in [0.5, 0.6) is 5.75 Å². The van der Waals surface area contributed by atoms with Crippen molar-refractivity contribution in [2.24, 2.45) is 0 Å². The Kier molecular flexibility index (Phi) is 6.62. The molecule has 0 radical (unpaired) electrons. The molecule has 0 unspecified atom stereocenters. The Labute approximate surface area is 176 Å². The highest BCUT2D eigenvalue weighted by Crippen LogP contribution is 2.33. The van der Waals surface area contributed by atoms with E-state index in [1.807, 2.05) is 32.0 Å². The second kappa shape index (κ2) is 9.01. The Hall–Kier alpha value is -2.65. The summed E-state index contributed by atoms with van der Waals surface area (Å²) >= 11 is 1.30. The summed E-state index contributed by atoms with van der Waals surface area (Å²) in [6.45, 7) is 3.24. The Morgan fingerprint density at radius 3 is 2.57 bits per heavy atom. The van der Waals surface area contributed by atoms with Crippen LogP contribution < -0.4 is 9.64 Å². The molecule has 3 rings (SSSR count). The van der Waals surface area contributed by atoms with E-state index in [2.05, 4.69) is 4.98 Å². The van der Waals surface area contributed by atoms with E-state index in [0.717, 1.165) is 16.8 Å². The van der Waals surface area contributed by atoms with E-state index in [4.69, 9.17) is 4.74 Å². The Morgan fingerprint density at radius 2 is 1.90 bits per heavy atom. The first-order valence-corrected chi connectivity index (χ1v) is 10.2. The minimum absolute atomic E-state index is 0.0298. The van der Waals surface area contributed by atoms with Crippen LogP contribution in [0.4, 0.5) is 18.3 Å². The quantitative estimate of drug-likeness (QED) is 0.526. The molecule has 0 aliphatic rings. The highest BCUT2D eigenvalue weighted by molar-refractivity contribution is 7.22. The lowest BCUT2D eigenvalue weighted by Crippen LogP contribution is -2.36. The number of aromatic nitrogens is 1. The highest BCUT2D eigenvalue weighted by Gasteiger charge is 2.31. The van der Waals surface area contributed by atoms with E-state index in [9.17, 15) is 18.0 Å². The molecule has 0 aliphatic heterocycles. The average Bonchev–Trinajstić information content (AvgIpc) is 3.10. The molecule has 0 N–H and O–H groups in total. The van der Waals surface area contributed by atoms with Crippen molar-refractivity contribution in [1.29, 1.82) is 0 Å². The van der Waals surface area contributed by atoms with Gasteiger partial charge in [-0.25, -0.2) is 4.98 Å². The number of hydrogen-bond acceptors (Lipinski definition) is 5. The predicted molar refractivity (Wildman–Crippen MR) is 112 cm³/mol. The minimum atomic E-state index is -4.52. The van der Waals surface area contributed by atoms with Crippen LogP contribution in [0.1, 0.15) is 22.8 Å². The van der Waals surface area contributed by atoms with Crippen LogP contribution in [0, 0.1) is 0 Å². The number of anilines is 1. The minimum Gasteiger partial charge on any atom is -0.494 e. The Bertz CT molecular complexity index is 1030. The molecule has 3 aromatic rings. The summed E-state index contributed by atoms with van der Waals surface area (Å²) in [4.78, 5) is 21.0. The lowest BCUT2D eigenvalue weighted by molar-refractivity contribution is -0.137. The van der Waals surface area contributed by atoms with Gasteiger partial charge < -0.3 is 9.64 Å². The number of likely N-dealkylation sites (N-methyl/N-ethyl adjacent to an activating group) is 1. The van der Waals surface area contributed by atoms with Crippen molar-refractivity contribution in [3.63, 3.8) is 0 Å². The summed E-state index contributed by atoms with van der Waals surface area (Å²) < 4.78 is 45.6. The second-order valence-electron chi connectivity index (χ2n) is 6.90. The molecular weight excluding hydrogens is 415 g/mol. The molecule has 0 fully saturated rings. The third-order valence-corrected chi connectivity index (χ3v) is 5.38. The molecule has 30 heavy (non-hydrogen) atoms. The molecule has 1 heterocycles. The summed E-state index contributed by atoms with van der Waals surface area (Å²) in [7, 11) is 3.72. The number of benzene rings is 2. The maximum absolute atomic E-state index is 13.2. The summed E-state index contributed by atoms with van der Waals surface area (Å²) in [6.07, 6.45) is -4.52. The van der Waals surface area contributed by atoms with Crippen LogP contribution in [0.15, 0.2) is 42.5 Å². The SMILES string of the molecule is CCOc1ccc2nc(N(CCN(C)C)C(=O)c3cccc(C(F)(F)F)c3)sc2c1. The van der Waals surface area contributed by atoms with Gasteiger partial charge in [0, 0.05) is 18.7 Å². The maximum Gasteiger partial charge on any atom is 0.416 e. The van der Waals surface area contributed by atoms with Crippen LogP contribution in [0.3, 0.4) is 0 Å². The van der Waals surface area contributed by atoms with Crippen LogP contribution in [-0.4, -0.2) is 49.6 Å². The van der Waals surface area contributed by atoms with Gasteiger partial charge in [-0.3, -0.25) is 9.69 Å². The van der Waals surface area contributed by atoms with E-state index < -0.39 is 17.6 Å². The summed E-state index contributed by atoms with van der Waals surface area (Å²) in [6, 6.07) is 9.92. The largest absolute Gasteiger partial charge is 0.494 e. The number of rotatable bonds is 7. The summed E-state index contributed by atoms with van der Waals surface area (Å²) in [5.74, 6) is 0.177.